The molecule has 0 saturated carbocycles. The van der Waals surface area contributed by atoms with Gasteiger partial charge in [0.05, 0.1) is 29.9 Å². The summed E-state index contributed by atoms with van der Waals surface area (Å²) in [5, 5.41) is 10.0. The van der Waals surface area contributed by atoms with E-state index in [-0.39, 0.29) is 11.8 Å². The number of hydrogen-bond acceptors (Lipinski definition) is 5. The average molecular weight is 444 g/mol. The quantitative estimate of drug-likeness (QED) is 0.447. The maximum absolute atomic E-state index is 12.9. The number of carbonyl (C=O) groups is 2. The number of H-pyrrole nitrogens is 2. The maximum Gasteiger partial charge on any atom is 0.256 e. The summed E-state index contributed by atoms with van der Waals surface area (Å²) < 4.78 is 5.33. The van der Waals surface area contributed by atoms with E-state index < -0.39 is 0 Å². The van der Waals surface area contributed by atoms with Crippen LogP contribution in [0.4, 0.5) is 5.69 Å². The molecule has 33 heavy (non-hydrogen) atoms. The fourth-order valence-corrected chi connectivity index (χ4v) is 4.12. The molecule has 0 spiro atoms. The van der Waals surface area contributed by atoms with Gasteiger partial charge >= 0.3 is 0 Å². The Balaban J connectivity index is 1.42. The number of aromatic amines is 2. The molecule has 2 aromatic carbocycles. The Morgan fingerprint density at radius 1 is 1.09 bits per heavy atom. The Kier molecular flexibility index (Phi) is 5.39. The van der Waals surface area contributed by atoms with Crippen molar-refractivity contribution >= 4 is 28.5 Å². The monoisotopic (exact) mass is 444 g/mol. The van der Waals surface area contributed by atoms with Crippen LogP contribution in [0.2, 0.25) is 0 Å². The summed E-state index contributed by atoms with van der Waals surface area (Å²) in [5.41, 5.74) is 5.46. The van der Waals surface area contributed by atoms with Gasteiger partial charge in [-0.2, -0.15) is 5.10 Å². The number of rotatable bonds is 4. The van der Waals surface area contributed by atoms with E-state index in [2.05, 4.69) is 25.5 Å². The molecule has 1 saturated heterocycles. The minimum atomic E-state index is -0.206. The number of carbonyl (C=O) groups excluding carboxylic acids is 2. The van der Waals surface area contributed by atoms with Crippen molar-refractivity contribution in [2.75, 3.05) is 31.6 Å². The zero-order valence-electron chi connectivity index (χ0n) is 18.4. The summed E-state index contributed by atoms with van der Waals surface area (Å²) in [6.07, 6.45) is 1.63. The van der Waals surface area contributed by atoms with Crippen LogP contribution in [0.1, 0.15) is 31.8 Å². The van der Waals surface area contributed by atoms with E-state index in [0.717, 1.165) is 16.6 Å². The lowest BCUT2D eigenvalue weighted by atomic mass is 10.0. The second-order valence-electron chi connectivity index (χ2n) is 8.09. The second kappa shape index (κ2) is 8.51. The van der Waals surface area contributed by atoms with Crippen LogP contribution >= 0.6 is 0 Å². The van der Waals surface area contributed by atoms with Gasteiger partial charge in [-0.1, -0.05) is 18.2 Å². The molecule has 2 amide bonds. The number of amides is 2. The van der Waals surface area contributed by atoms with Crippen LogP contribution in [-0.4, -0.2) is 63.2 Å². The number of ether oxygens (including phenoxy) is 1. The zero-order valence-corrected chi connectivity index (χ0v) is 18.4. The first-order chi connectivity index (χ1) is 16.0. The van der Waals surface area contributed by atoms with Gasteiger partial charge in [0.15, 0.2) is 11.5 Å². The molecule has 0 bridgehead atoms. The van der Waals surface area contributed by atoms with Gasteiger partial charge in [-0.3, -0.25) is 14.7 Å². The lowest BCUT2D eigenvalue weighted by molar-refractivity contribution is 0.0303. The Morgan fingerprint density at radius 3 is 2.61 bits per heavy atom. The summed E-state index contributed by atoms with van der Waals surface area (Å²) in [5.74, 6) is 0.257. The number of morpholine rings is 1. The van der Waals surface area contributed by atoms with Gasteiger partial charge in [-0.15, -0.1) is 0 Å². The molecule has 2 aromatic heterocycles. The van der Waals surface area contributed by atoms with Crippen molar-refractivity contribution in [2.24, 2.45) is 0 Å². The van der Waals surface area contributed by atoms with Crippen LogP contribution in [-0.2, 0) is 4.74 Å². The van der Waals surface area contributed by atoms with Gasteiger partial charge in [0, 0.05) is 30.4 Å². The molecule has 0 aliphatic carbocycles. The molecular formula is C24H24N6O3. The van der Waals surface area contributed by atoms with Crippen molar-refractivity contribution in [3.63, 3.8) is 0 Å². The predicted octanol–water partition coefficient (Wildman–Crippen LogP) is 3.29. The SMILES string of the molecule is Cc1cccc(C)c1C(=O)Nc1c[nH]nc1-c1nc2cc(C(=O)N3CCOCC3)ccc2[nH]1. The number of fused-ring (bicyclic) bond motifs is 1. The minimum Gasteiger partial charge on any atom is -0.378 e. The fourth-order valence-electron chi connectivity index (χ4n) is 4.12. The Hall–Kier alpha value is -3.98. The van der Waals surface area contributed by atoms with Gasteiger partial charge in [-0.25, -0.2) is 4.98 Å². The summed E-state index contributed by atoms with van der Waals surface area (Å²) in [4.78, 5) is 35.4. The molecule has 1 aliphatic rings. The Morgan fingerprint density at radius 2 is 1.85 bits per heavy atom. The normalized spacial score (nSPS) is 13.9. The van der Waals surface area contributed by atoms with E-state index in [4.69, 9.17) is 4.74 Å². The van der Waals surface area contributed by atoms with E-state index in [0.29, 0.717) is 60.2 Å². The number of benzene rings is 2. The van der Waals surface area contributed by atoms with Crippen LogP contribution in [0, 0.1) is 13.8 Å². The third-order valence-electron chi connectivity index (χ3n) is 5.85. The Labute approximate surface area is 190 Å². The summed E-state index contributed by atoms with van der Waals surface area (Å²) in [7, 11) is 0. The van der Waals surface area contributed by atoms with Crippen molar-refractivity contribution in [1.82, 2.24) is 25.1 Å². The standard InChI is InChI=1S/C24H24N6O3/c1-14-4-3-5-15(2)20(14)23(31)28-19-13-25-29-21(19)22-26-17-7-6-16(12-18(17)27-22)24(32)30-8-10-33-11-9-30/h3-7,12-13H,8-11H2,1-2H3,(H,25,29)(H,26,27)(H,28,31). The third kappa shape index (κ3) is 3.98. The van der Waals surface area contributed by atoms with Crippen LogP contribution in [0.15, 0.2) is 42.6 Å². The number of nitrogens with one attached hydrogen (secondary N) is 3. The highest BCUT2D eigenvalue weighted by atomic mass is 16.5. The van der Waals surface area contributed by atoms with E-state index in [1.165, 1.54) is 0 Å². The van der Waals surface area contributed by atoms with Crippen molar-refractivity contribution in [2.45, 2.75) is 13.8 Å². The third-order valence-corrected chi connectivity index (χ3v) is 5.85. The van der Waals surface area contributed by atoms with Crippen LogP contribution in [0.3, 0.4) is 0 Å². The first-order valence-corrected chi connectivity index (χ1v) is 10.8. The molecule has 9 heteroatoms. The number of aryl methyl sites for hydroxylation is 2. The van der Waals surface area contributed by atoms with E-state index >= 15 is 0 Å². The van der Waals surface area contributed by atoms with Crippen molar-refractivity contribution in [3.05, 3.63) is 64.8 Å². The summed E-state index contributed by atoms with van der Waals surface area (Å²) in [6, 6.07) is 11.1. The number of hydrogen-bond donors (Lipinski definition) is 3. The number of nitrogens with zero attached hydrogens (tertiary/aromatic N) is 3. The predicted molar refractivity (Wildman–Crippen MR) is 124 cm³/mol. The molecule has 0 atom stereocenters. The highest BCUT2D eigenvalue weighted by Crippen LogP contribution is 2.27. The topological polar surface area (TPSA) is 116 Å². The highest BCUT2D eigenvalue weighted by molar-refractivity contribution is 6.07. The van der Waals surface area contributed by atoms with Crippen molar-refractivity contribution in [3.8, 4) is 11.5 Å². The molecule has 1 aliphatic heterocycles. The van der Waals surface area contributed by atoms with E-state index in [1.807, 2.05) is 38.1 Å². The average Bonchev–Trinajstić information content (AvgIpc) is 3.45. The summed E-state index contributed by atoms with van der Waals surface area (Å²) in [6.45, 7) is 6.09. The lowest BCUT2D eigenvalue weighted by Crippen LogP contribution is -2.40. The number of imidazole rings is 1. The van der Waals surface area contributed by atoms with E-state index in [9.17, 15) is 9.59 Å². The van der Waals surface area contributed by atoms with E-state index in [1.54, 1.807) is 23.2 Å². The molecule has 0 radical (unpaired) electrons. The molecule has 3 heterocycles. The number of anilines is 1. The molecule has 5 rings (SSSR count). The fraction of sp³-hybridized carbons (Fsp3) is 0.250. The van der Waals surface area contributed by atoms with Crippen LogP contribution in [0.5, 0.6) is 0 Å². The van der Waals surface area contributed by atoms with Crippen LogP contribution < -0.4 is 5.32 Å². The largest absolute Gasteiger partial charge is 0.378 e. The van der Waals surface area contributed by atoms with Crippen LogP contribution in [0.25, 0.3) is 22.6 Å². The first-order valence-electron chi connectivity index (χ1n) is 10.8. The summed E-state index contributed by atoms with van der Waals surface area (Å²) >= 11 is 0. The van der Waals surface area contributed by atoms with Gasteiger partial charge in [-0.05, 0) is 43.2 Å². The molecule has 0 unspecified atom stereocenters. The molecule has 9 nitrogen and oxygen atoms in total. The number of aromatic nitrogens is 4. The van der Waals surface area contributed by atoms with Gasteiger partial charge < -0.3 is 19.9 Å². The second-order valence-corrected chi connectivity index (χ2v) is 8.09. The minimum absolute atomic E-state index is 0.0360. The van der Waals surface area contributed by atoms with Gasteiger partial charge in [0.1, 0.15) is 0 Å². The maximum atomic E-state index is 12.9. The molecule has 4 aromatic rings. The first kappa shape index (κ1) is 20.9. The molecule has 1 fully saturated rings. The Bertz CT molecular complexity index is 1330. The van der Waals surface area contributed by atoms with Crippen molar-refractivity contribution < 1.29 is 14.3 Å². The van der Waals surface area contributed by atoms with Crippen molar-refractivity contribution in [1.29, 1.82) is 0 Å². The molecule has 3 N–H and O–H groups in total. The highest BCUT2D eigenvalue weighted by Gasteiger charge is 2.21. The lowest BCUT2D eigenvalue weighted by Gasteiger charge is -2.26. The van der Waals surface area contributed by atoms with Gasteiger partial charge in [0.2, 0.25) is 0 Å². The molecular weight excluding hydrogens is 420 g/mol. The zero-order chi connectivity index (χ0) is 22.9. The molecule has 168 valence electrons. The smallest absolute Gasteiger partial charge is 0.256 e. The van der Waals surface area contributed by atoms with Gasteiger partial charge in [0.25, 0.3) is 11.8 Å².